The van der Waals surface area contributed by atoms with E-state index in [4.69, 9.17) is 0 Å². The van der Waals surface area contributed by atoms with E-state index in [0.29, 0.717) is 6.04 Å². The van der Waals surface area contributed by atoms with Crippen LogP contribution in [0.25, 0.3) is 0 Å². The first-order valence-electron chi connectivity index (χ1n) is 6.48. The SMILES string of the molecule is CC(c1c(F)cccc1F)N(C)C1CCCNC1. The van der Waals surface area contributed by atoms with E-state index < -0.39 is 11.6 Å². The predicted molar refractivity (Wildman–Crippen MR) is 68.4 cm³/mol. The second-order valence-corrected chi connectivity index (χ2v) is 4.98. The highest BCUT2D eigenvalue weighted by atomic mass is 19.1. The van der Waals surface area contributed by atoms with Gasteiger partial charge in [0.05, 0.1) is 0 Å². The average molecular weight is 254 g/mol. The number of likely N-dealkylation sites (N-methyl/N-ethyl adjacent to an activating group) is 1. The molecule has 100 valence electrons. The molecule has 0 amide bonds. The number of hydrogen-bond donors (Lipinski definition) is 1. The summed E-state index contributed by atoms with van der Waals surface area (Å²) in [5.74, 6) is -0.920. The van der Waals surface area contributed by atoms with Crippen molar-refractivity contribution in [3.63, 3.8) is 0 Å². The zero-order valence-corrected chi connectivity index (χ0v) is 10.9. The molecule has 0 bridgehead atoms. The Hall–Kier alpha value is -1.00. The lowest BCUT2D eigenvalue weighted by atomic mass is 10.0. The molecule has 1 fully saturated rings. The van der Waals surface area contributed by atoms with Crippen LogP contribution in [0.5, 0.6) is 0 Å². The summed E-state index contributed by atoms with van der Waals surface area (Å²) in [7, 11) is 1.94. The van der Waals surface area contributed by atoms with Crippen molar-refractivity contribution in [3.05, 3.63) is 35.4 Å². The van der Waals surface area contributed by atoms with Crippen LogP contribution in [0.1, 0.15) is 31.4 Å². The van der Waals surface area contributed by atoms with E-state index in [-0.39, 0.29) is 11.6 Å². The van der Waals surface area contributed by atoms with Crippen molar-refractivity contribution in [2.45, 2.75) is 31.8 Å². The first-order chi connectivity index (χ1) is 8.61. The minimum absolute atomic E-state index is 0.172. The Balaban J connectivity index is 2.16. The summed E-state index contributed by atoms with van der Waals surface area (Å²) >= 11 is 0. The van der Waals surface area contributed by atoms with Crippen molar-refractivity contribution in [3.8, 4) is 0 Å². The molecule has 1 aliphatic heterocycles. The fraction of sp³-hybridized carbons (Fsp3) is 0.571. The number of rotatable bonds is 3. The second-order valence-electron chi connectivity index (χ2n) is 4.98. The number of halogens is 2. The summed E-state index contributed by atoms with van der Waals surface area (Å²) < 4.78 is 27.5. The Morgan fingerprint density at radius 2 is 2.00 bits per heavy atom. The monoisotopic (exact) mass is 254 g/mol. The third kappa shape index (κ3) is 2.70. The van der Waals surface area contributed by atoms with Gasteiger partial charge in [-0.2, -0.15) is 0 Å². The third-order valence-corrected chi connectivity index (χ3v) is 3.88. The van der Waals surface area contributed by atoms with E-state index in [1.165, 1.54) is 18.2 Å². The summed E-state index contributed by atoms with van der Waals surface area (Å²) in [6.45, 7) is 3.78. The Morgan fingerprint density at radius 3 is 2.56 bits per heavy atom. The number of piperidine rings is 1. The highest BCUT2D eigenvalue weighted by Gasteiger charge is 2.26. The van der Waals surface area contributed by atoms with Gasteiger partial charge in [-0.15, -0.1) is 0 Å². The van der Waals surface area contributed by atoms with Crippen LogP contribution < -0.4 is 5.32 Å². The number of hydrogen-bond acceptors (Lipinski definition) is 2. The minimum Gasteiger partial charge on any atom is -0.315 e. The van der Waals surface area contributed by atoms with Crippen LogP contribution in [0, 0.1) is 11.6 Å². The minimum atomic E-state index is -0.460. The van der Waals surface area contributed by atoms with Crippen LogP contribution in [0.3, 0.4) is 0 Å². The van der Waals surface area contributed by atoms with E-state index in [1.54, 1.807) is 0 Å². The van der Waals surface area contributed by atoms with Crippen molar-refractivity contribution in [2.75, 3.05) is 20.1 Å². The van der Waals surface area contributed by atoms with Gasteiger partial charge in [0.15, 0.2) is 0 Å². The maximum Gasteiger partial charge on any atom is 0.130 e. The van der Waals surface area contributed by atoms with Gasteiger partial charge >= 0.3 is 0 Å². The van der Waals surface area contributed by atoms with Crippen molar-refractivity contribution in [2.24, 2.45) is 0 Å². The van der Waals surface area contributed by atoms with Gasteiger partial charge in [-0.1, -0.05) is 6.07 Å². The maximum atomic E-state index is 13.7. The molecule has 1 saturated heterocycles. The average Bonchev–Trinajstić information content (AvgIpc) is 2.38. The van der Waals surface area contributed by atoms with Gasteiger partial charge in [0.25, 0.3) is 0 Å². The van der Waals surface area contributed by atoms with Gasteiger partial charge in [-0.05, 0) is 45.5 Å². The Morgan fingerprint density at radius 1 is 1.33 bits per heavy atom. The number of benzene rings is 1. The molecule has 1 aliphatic rings. The van der Waals surface area contributed by atoms with Crippen LogP contribution in [-0.2, 0) is 0 Å². The van der Waals surface area contributed by atoms with Gasteiger partial charge in [-0.25, -0.2) is 8.78 Å². The van der Waals surface area contributed by atoms with E-state index >= 15 is 0 Å². The second kappa shape index (κ2) is 5.76. The van der Waals surface area contributed by atoms with E-state index in [1.807, 2.05) is 14.0 Å². The smallest absolute Gasteiger partial charge is 0.130 e. The summed E-state index contributed by atoms with van der Waals surface area (Å²) in [5, 5.41) is 3.32. The molecule has 0 aliphatic carbocycles. The first kappa shape index (κ1) is 13.4. The summed E-state index contributed by atoms with van der Waals surface area (Å²) in [6.07, 6.45) is 2.19. The molecule has 0 radical (unpaired) electrons. The van der Waals surface area contributed by atoms with Crippen molar-refractivity contribution in [1.29, 1.82) is 0 Å². The zero-order chi connectivity index (χ0) is 13.1. The highest BCUT2D eigenvalue weighted by Crippen LogP contribution is 2.27. The normalized spacial score (nSPS) is 22.2. The number of nitrogens with zero attached hydrogens (tertiary/aromatic N) is 1. The molecule has 1 N–H and O–H groups in total. The van der Waals surface area contributed by atoms with E-state index in [0.717, 1.165) is 25.9 Å². The van der Waals surface area contributed by atoms with Crippen LogP contribution in [0.2, 0.25) is 0 Å². The van der Waals surface area contributed by atoms with Gasteiger partial charge < -0.3 is 5.32 Å². The van der Waals surface area contributed by atoms with Crippen LogP contribution in [0.4, 0.5) is 8.78 Å². The fourth-order valence-electron chi connectivity index (χ4n) is 2.61. The van der Waals surface area contributed by atoms with Gasteiger partial charge in [0.2, 0.25) is 0 Å². The molecular formula is C14H20F2N2. The molecule has 0 aromatic heterocycles. The lowest BCUT2D eigenvalue weighted by Crippen LogP contribution is -2.45. The van der Waals surface area contributed by atoms with Crippen molar-refractivity contribution in [1.82, 2.24) is 10.2 Å². The molecule has 4 heteroatoms. The lowest BCUT2D eigenvalue weighted by molar-refractivity contribution is 0.151. The molecule has 1 aromatic carbocycles. The summed E-state index contributed by atoms with van der Waals surface area (Å²) in [6, 6.07) is 4.14. The largest absolute Gasteiger partial charge is 0.315 e. The first-order valence-corrected chi connectivity index (χ1v) is 6.48. The van der Waals surface area contributed by atoms with Crippen molar-refractivity contribution >= 4 is 0 Å². The van der Waals surface area contributed by atoms with Gasteiger partial charge in [0, 0.05) is 24.2 Å². The van der Waals surface area contributed by atoms with Gasteiger partial charge in [0.1, 0.15) is 11.6 Å². The molecule has 2 rings (SSSR count). The topological polar surface area (TPSA) is 15.3 Å². The van der Waals surface area contributed by atoms with Crippen molar-refractivity contribution < 1.29 is 8.78 Å². The molecule has 18 heavy (non-hydrogen) atoms. The molecule has 2 unspecified atom stereocenters. The van der Waals surface area contributed by atoms with Crippen LogP contribution >= 0.6 is 0 Å². The van der Waals surface area contributed by atoms with Crippen LogP contribution in [0.15, 0.2) is 18.2 Å². The number of nitrogens with one attached hydrogen (secondary N) is 1. The zero-order valence-electron chi connectivity index (χ0n) is 10.9. The summed E-state index contributed by atoms with van der Waals surface area (Å²) in [5.41, 5.74) is 0.172. The Bertz CT molecular complexity index is 383. The summed E-state index contributed by atoms with van der Waals surface area (Å²) in [4.78, 5) is 2.06. The molecule has 2 atom stereocenters. The van der Waals surface area contributed by atoms with E-state index in [9.17, 15) is 8.78 Å². The quantitative estimate of drug-likeness (QED) is 0.892. The van der Waals surface area contributed by atoms with E-state index in [2.05, 4.69) is 10.2 Å². The molecule has 0 saturated carbocycles. The van der Waals surface area contributed by atoms with Crippen LogP contribution in [-0.4, -0.2) is 31.1 Å². The molecule has 0 spiro atoms. The Kier molecular flexibility index (Phi) is 4.30. The predicted octanol–water partition coefficient (Wildman–Crippen LogP) is 2.71. The lowest BCUT2D eigenvalue weighted by Gasteiger charge is -2.36. The highest BCUT2D eigenvalue weighted by molar-refractivity contribution is 5.23. The standard InChI is InChI=1S/C14H20F2N2/c1-10(14-12(15)6-3-7-13(14)16)18(2)11-5-4-8-17-9-11/h3,6-7,10-11,17H,4-5,8-9H2,1-2H3. The molecule has 1 heterocycles. The Labute approximate surface area is 107 Å². The third-order valence-electron chi connectivity index (χ3n) is 3.88. The molecular weight excluding hydrogens is 234 g/mol. The van der Waals surface area contributed by atoms with Gasteiger partial charge in [-0.3, -0.25) is 4.90 Å². The maximum absolute atomic E-state index is 13.7. The molecule has 1 aromatic rings. The fourth-order valence-corrected chi connectivity index (χ4v) is 2.61. The molecule has 2 nitrogen and oxygen atoms in total.